The summed E-state index contributed by atoms with van der Waals surface area (Å²) in [5.74, 6) is 3.05. The average molecular weight is 514 g/mol. The summed E-state index contributed by atoms with van der Waals surface area (Å²) in [6, 6.07) is 22.1. The quantitative estimate of drug-likeness (QED) is 0.454. The van der Waals surface area contributed by atoms with E-state index in [1.807, 2.05) is 48.2 Å². The van der Waals surface area contributed by atoms with Crippen molar-refractivity contribution >= 4 is 17.7 Å². The van der Waals surface area contributed by atoms with E-state index in [-0.39, 0.29) is 16.9 Å². The van der Waals surface area contributed by atoms with Crippen LogP contribution >= 0.6 is 11.8 Å². The third-order valence-corrected chi connectivity index (χ3v) is 10.2. The zero-order chi connectivity index (χ0) is 25.2. The van der Waals surface area contributed by atoms with Gasteiger partial charge in [-0.15, -0.1) is 0 Å². The monoisotopic (exact) mass is 513 g/mol. The van der Waals surface area contributed by atoms with Crippen LogP contribution in [0.25, 0.3) is 11.3 Å². The van der Waals surface area contributed by atoms with Gasteiger partial charge >= 0.3 is 0 Å². The maximum atomic E-state index is 13.9. The maximum absolute atomic E-state index is 13.9. The molecule has 2 aromatic carbocycles. The minimum Gasteiger partial charge on any atom is -0.342 e. The second-order valence-electron chi connectivity index (χ2n) is 11.1. The predicted molar refractivity (Wildman–Crippen MR) is 150 cm³/mol. The van der Waals surface area contributed by atoms with Crippen molar-refractivity contribution in [1.82, 2.24) is 14.5 Å². The largest absolute Gasteiger partial charge is 0.342 e. The van der Waals surface area contributed by atoms with E-state index in [1.165, 1.54) is 18.4 Å². The second kappa shape index (κ2) is 10.5. The molecule has 192 valence electrons. The summed E-state index contributed by atoms with van der Waals surface area (Å²) in [5.41, 5.74) is 3.10. The first-order valence-corrected chi connectivity index (χ1v) is 14.8. The first-order valence-electron chi connectivity index (χ1n) is 13.7. The number of carbonyl (C=O) groups is 1. The van der Waals surface area contributed by atoms with Crippen LogP contribution in [-0.4, -0.2) is 45.0 Å². The van der Waals surface area contributed by atoms with Gasteiger partial charge in [0.2, 0.25) is 5.91 Å². The summed E-state index contributed by atoms with van der Waals surface area (Å²) in [7, 11) is 0. The van der Waals surface area contributed by atoms with Gasteiger partial charge in [0.15, 0.2) is 0 Å². The summed E-state index contributed by atoms with van der Waals surface area (Å²) in [6.07, 6.45) is 7.40. The lowest BCUT2D eigenvalue weighted by molar-refractivity contribution is -0.140. The number of carbonyl (C=O) groups excluding carboxylic acids is 1. The van der Waals surface area contributed by atoms with Crippen LogP contribution in [0.2, 0.25) is 0 Å². The molecule has 5 nitrogen and oxygen atoms in total. The fourth-order valence-electron chi connectivity index (χ4n) is 6.95. The Labute approximate surface area is 223 Å². The van der Waals surface area contributed by atoms with Crippen LogP contribution in [0.5, 0.6) is 0 Å². The molecule has 2 saturated heterocycles. The van der Waals surface area contributed by atoms with E-state index < -0.39 is 0 Å². The van der Waals surface area contributed by atoms with Crippen molar-refractivity contribution in [2.75, 3.05) is 24.6 Å². The summed E-state index contributed by atoms with van der Waals surface area (Å²) in [5, 5.41) is 0. The van der Waals surface area contributed by atoms with Crippen molar-refractivity contribution in [1.29, 1.82) is 0 Å². The highest BCUT2D eigenvalue weighted by molar-refractivity contribution is 7.99. The molecule has 3 heterocycles. The van der Waals surface area contributed by atoms with Crippen molar-refractivity contribution < 1.29 is 4.79 Å². The molecule has 3 aliphatic rings. The number of benzene rings is 2. The number of aromatic nitrogens is 2. The van der Waals surface area contributed by atoms with Gasteiger partial charge in [0.1, 0.15) is 0 Å². The van der Waals surface area contributed by atoms with Gasteiger partial charge in [-0.2, -0.15) is 11.8 Å². The molecule has 0 N–H and O–H groups in total. The van der Waals surface area contributed by atoms with Crippen molar-refractivity contribution in [3.63, 3.8) is 0 Å². The van der Waals surface area contributed by atoms with Crippen LogP contribution in [0.3, 0.4) is 0 Å². The van der Waals surface area contributed by atoms with Gasteiger partial charge in [0.05, 0.1) is 17.9 Å². The molecule has 0 unspecified atom stereocenters. The number of hydrogen-bond acceptors (Lipinski definition) is 4. The molecule has 6 rings (SSSR count). The molecule has 1 aromatic heterocycles. The number of piperidine rings is 1. The van der Waals surface area contributed by atoms with Gasteiger partial charge in [0.25, 0.3) is 5.56 Å². The Morgan fingerprint density at radius 1 is 1.00 bits per heavy atom. The lowest BCUT2D eigenvalue weighted by Gasteiger charge is -2.47. The van der Waals surface area contributed by atoms with Crippen LogP contribution in [-0.2, 0) is 11.3 Å². The Hall–Kier alpha value is -2.86. The van der Waals surface area contributed by atoms with E-state index in [4.69, 9.17) is 0 Å². The fourth-order valence-corrected chi connectivity index (χ4v) is 8.40. The topological polar surface area (TPSA) is 55.2 Å². The predicted octanol–water partition coefficient (Wildman–Crippen LogP) is 5.47. The minimum absolute atomic E-state index is 0.00851. The molecule has 3 aromatic rings. The molecule has 1 amide bonds. The van der Waals surface area contributed by atoms with Crippen molar-refractivity contribution in [3.05, 3.63) is 89.0 Å². The van der Waals surface area contributed by atoms with Gasteiger partial charge < -0.3 is 4.90 Å². The van der Waals surface area contributed by atoms with Gasteiger partial charge in [-0.05, 0) is 36.2 Å². The summed E-state index contributed by atoms with van der Waals surface area (Å²) in [4.78, 5) is 33.7. The summed E-state index contributed by atoms with van der Waals surface area (Å²) in [6.45, 7) is 2.32. The lowest BCUT2D eigenvalue weighted by Crippen LogP contribution is -2.53. The minimum atomic E-state index is 0.00851. The molecule has 1 aliphatic carbocycles. The van der Waals surface area contributed by atoms with Crippen molar-refractivity contribution in [2.24, 2.45) is 17.3 Å². The average Bonchev–Trinajstić information content (AvgIpc) is 3.62. The molecular weight excluding hydrogens is 478 g/mol. The number of likely N-dealkylation sites (tertiary alicyclic amines) is 1. The van der Waals surface area contributed by atoms with E-state index in [9.17, 15) is 9.59 Å². The smallest absolute Gasteiger partial charge is 0.253 e. The van der Waals surface area contributed by atoms with Crippen molar-refractivity contribution in [2.45, 2.75) is 44.6 Å². The third kappa shape index (κ3) is 4.88. The van der Waals surface area contributed by atoms with E-state index in [0.29, 0.717) is 24.3 Å². The molecule has 0 bridgehead atoms. The summed E-state index contributed by atoms with van der Waals surface area (Å²) < 4.78 is 1.80. The fraction of sp³-hybridized carbons (Fsp3) is 0.452. The van der Waals surface area contributed by atoms with Crippen LogP contribution in [0.15, 0.2) is 77.9 Å². The number of nitrogens with zero attached hydrogens (tertiary/aromatic N) is 3. The van der Waals surface area contributed by atoms with Gasteiger partial charge in [-0.25, -0.2) is 4.98 Å². The number of hydrogen-bond donors (Lipinski definition) is 0. The van der Waals surface area contributed by atoms with Gasteiger partial charge in [-0.1, -0.05) is 73.5 Å². The molecule has 2 aliphatic heterocycles. The zero-order valence-corrected chi connectivity index (χ0v) is 22.1. The third-order valence-electron chi connectivity index (χ3n) is 9.02. The maximum Gasteiger partial charge on any atom is 0.253 e. The van der Waals surface area contributed by atoms with Crippen LogP contribution < -0.4 is 5.56 Å². The SMILES string of the molecule is O=C([C@@H]1CSC[C@H]1c1ccccc1)N1CC[C@@H](Cn2cnc(-c3ccccc3)cc2=O)C2(CCCC2)C1. The molecular formula is C31H35N3O2S. The molecule has 6 heteroatoms. The summed E-state index contributed by atoms with van der Waals surface area (Å²) >= 11 is 1.91. The molecule has 3 atom stereocenters. The van der Waals surface area contributed by atoms with E-state index >= 15 is 0 Å². The molecule has 0 radical (unpaired) electrons. The van der Waals surface area contributed by atoms with Crippen LogP contribution in [0.1, 0.15) is 43.6 Å². The Morgan fingerprint density at radius 2 is 1.73 bits per heavy atom. The highest BCUT2D eigenvalue weighted by Crippen LogP contribution is 2.50. The molecule has 37 heavy (non-hydrogen) atoms. The Balaban J connectivity index is 1.18. The number of thioether (sulfide) groups is 1. The van der Waals surface area contributed by atoms with E-state index in [0.717, 1.165) is 55.1 Å². The number of amides is 1. The normalized spacial score (nSPS) is 25.0. The van der Waals surface area contributed by atoms with Gasteiger partial charge in [-0.3, -0.25) is 14.2 Å². The Bertz CT molecular complexity index is 1290. The van der Waals surface area contributed by atoms with E-state index in [1.54, 1.807) is 17.0 Å². The Morgan fingerprint density at radius 3 is 2.46 bits per heavy atom. The van der Waals surface area contributed by atoms with Crippen LogP contribution in [0.4, 0.5) is 0 Å². The standard InChI is InChI=1S/C31H35N3O2S/c35-29-17-28(24-11-5-2-6-12-24)32-22-34(29)18-25-13-16-33(21-31(25)14-7-8-15-31)30(36)27-20-37-19-26(27)23-9-3-1-4-10-23/h1-6,9-12,17,22,25-27H,7-8,13-16,18-21H2/t25-,26-,27+/m0/s1. The Kier molecular flexibility index (Phi) is 6.94. The highest BCUT2D eigenvalue weighted by Gasteiger charge is 2.48. The molecule has 1 saturated carbocycles. The second-order valence-corrected chi connectivity index (χ2v) is 12.2. The van der Waals surface area contributed by atoms with Crippen molar-refractivity contribution in [3.8, 4) is 11.3 Å². The first-order chi connectivity index (χ1) is 18.1. The first kappa shape index (κ1) is 24.5. The highest BCUT2D eigenvalue weighted by atomic mass is 32.2. The number of rotatable bonds is 5. The lowest BCUT2D eigenvalue weighted by atomic mass is 9.69. The molecule has 3 fully saturated rings. The van der Waals surface area contributed by atoms with Gasteiger partial charge in [0, 0.05) is 48.7 Å². The van der Waals surface area contributed by atoms with Crippen LogP contribution in [0, 0.1) is 17.3 Å². The zero-order valence-electron chi connectivity index (χ0n) is 21.3. The molecule has 1 spiro atoms. The van der Waals surface area contributed by atoms with E-state index in [2.05, 4.69) is 34.1 Å².